The molecule has 0 saturated carbocycles. The number of rotatable bonds is 4. The second kappa shape index (κ2) is 8.45. The van der Waals surface area contributed by atoms with Crippen molar-refractivity contribution in [3.05, 3.63) is 70.9 Å². The molecule has 1 unspecified atom stereocenters. The molecule has 1 aliphatic heterocycles. The van der Waals surface area contributed by atoms with Gasteiger partial charge in [0, 0.05) is 11.3 Å². The lowest BCUT2D eigenvalue weighted by Crippen LogP contribution is -2.17. The van der Waals surface area contributed by atoms with Crippen LogP contribution in [0, 0.1) is 13.8 Å². The van der Waals surface area contributed by atoms with Gasteiger partial charge in [0.1, 0.15) is 0 Å². The van der Waals surface area contributed by atoms with Gasteiger partial charge in [0.15, 0.2) is 15.5 Å². The summed E-state index contributed by atoms with van der Waals surface area (Å²) in [5, 5.41) is 7.50. The van der Waals surface area contributed by atoms with Crippen molar-refractivity contribution in [1.82, 2.24) is 9.78 Å². The highest BCUT2D eigenvalue weighted by Gasteiger charge is 2.32. The third kappa shape index (κ3) is 5.03. The van der Waals surface area contributed by atoms with E-state index in [4.69, 9.17) is 0 Å². The maximum atomic E-state index is 13.1. The number of hydrogen-bond acceptors (Lipinski definition) is 4. The highest BCUT2D eigenvalue weighted by molar-refractivity contribution is 7.91. The summed E-state index contributed by atoms with van der Waals surface area (Å²) in [4.78, 5) is 13.1. The van der Waals surface area contributed by atoms with Crippen LogP contribution in [0.5, 0.6) is 0 Å². The maximum absolute atomic E-state index is 13.1. The Morgan fingerprint density at radius 1 is 1.03 bits per heavy atom. The van der Waals surface area contributed by atoms with Gasteiger partial charge in [-0.3, -0.25) is 9.48 Å². The predicted molar refractivity (Wildman–Crippen MR) is 133 cm³/mol. The van der Waals surface area contributed by atoms with E-state index in [2.05, 4.69) is 37.3 Å². The van der Waals surface area contributed by atoms with E-state index in [0.29, 0.717) is 12.1 Å². The molecule has 6 nitrogen and oxygen atoms in total. The van der Waals surface area contributed by atoms with Gasteiger partial charge in [0.2, 0.25) is 0 Å². The lowest BCUT2D eigenvalue weighted by molar-refractivity contribution is 0.102. The maximum Gasteiger partial charge on any atom is 0.276 e. The van der Waals surface area contributed by atoms with Crippen molar-refractivity contribution >= 4 is 21.4 Å². The van der Waals surface area contributed by atoms with Crippen LogP contribution in [0.15, 0.2) is 48.5 Å². The molecule has 1 atom stereocenters. The van der Waals surface area contributed by atoms with Crippen LogP contribution in [-0.4, -0.2) is 35.6 Å². The molecule has 174 valence electrons. The number of aryl methyl sites for hydroxylation is 2. The van der Waals surface area contributed by atoms with Crippen LogP contribution in [0.2, 0.25) is 0 Å². The smallest absolute Gasteiger partial charge is 0.276 e. The van der Waals surface area contributed by atoms with Gasteiger partial charge in [-0.15, -0.1) is 0 Å². The Hall–Kier alpha value is -2.93. The van der Waals surface area contributed by atoms with Crippen molar-refractivity contribution in [2.45, 2.75) is 52.5 Å². The Balaban J connectivity index is 1.67. The predicted octanol–water partition coefficient (Wildman–Crippen LogP) is 5.08. The third-order valence-electron chi connectivity index (χ3n) is 6.33. The van der Waals surface area contributed by atoms with Crippen LogP contribution in [-0.2, 0) is 15.3 Å². The number of hydrogen-bond donors (Lipinski definition) is 1. The van der Waals surface area contributed by atoms with Gasteiger partial charge < -0.3 is 5.32 Å². The number of carbonyl (C=O) groups excluding carboxylic acids is 1. The van der Waals surface area contributed by atoms with Gasteiger partial charge in [0.05, 0.1) is 23.2 Å². The highest BCUT2D eigenvalue weighted by Crippen LogP contribution is 2.31. The normalized spacial score (nSPS) is 17.8. The Morgan fingerprint density at radius 2 is 1.73 bits per heavy atom. The van der Waals surface area contributed by atoms with E-state index in [0.717, 1.165) is 16.8 Å². The molecule has 1 aromatic heterocycles. The molecule has 3 aromatic rings. The molecule has 1 aliphatic rings. The van der Waals surface area contributed by atoms with Crippen LogP contribution in [0.1, 0.15) is 60.4 Å². The van der Waals surface area contributed by atoms with E-state index >= 15 is 0 Å². The summed E-state index contributed by atoms with van der Waals surface area (Å²) in [7, 11) is -3.09. The van der Waals surface area contributed by atoms with E-state index in [1.54, 1.807) is 10.7 Å². The van der Waals surface area contributed by atoms with Crippen molar-refractivity contribution in [1.29, 1.82) is 0 Å². The van der Waals surface area contributed by atoms with E-state index in [9.17, 15) is 13.2 Å². The molecule has 2 aromatic carbocycles. The Kier molecular flexibility index (Phi) is 5.95. The fourth-order valence-electron chi connectivity index (χ4n) is 4.12. The number of nitrogens with zero attached hydrogens (tertiary/aromatic N) is 2. The summed E-state index contributed by atoms with van der Waals surface area (Å²) in [6.45, 7) is 10.5. The molecule has 0 spiro atoms. The molecule has 2 heterocycles. The molecule has 7 heteroatoms. The minimum Gasteiger partial charge on any atom is -0.321 e. The molecule has 0 bridgehead atoms. The fourth-order valence-corrected chi connectivity index (χ4v) is 5.81. The van der Waals surface area contributed by atoms with E-state index in [1.165, 1.54) is 11.1 Å². The molecule has 0 aliphatic carbocycles. The number of nitrogens with one attached hydrogen (secondary N) is 1. The SMILES string of the molecule is Cc1ccc(-c2cc(C(=O)Nc3ccc(C(C)(C)C)cc3)nn2C2CCS(=O)(=O)C2)cc1C. The average Bonchev–Trinajstić information content (AvgIpc) is 3.33. The zero-order valence-corrected chi connectivity index (χ0v) is 20.7. The van der Waals surface area contributed by atoms with Gasteiger partial charge in [-0.2, -0.15) is 5.10 Å². The second-order valence-corrected chi connectivity index (χ2v) is 12.2. The lowest BCUT2D eigenvalue weighted by Gasteiger charge is -2.19. The zero-order chi connectivity index (χ0) is 24.0. The topological polar surface area (TPSA) is 81.1 Å². The molecule has 33 heavy (non-hydrogen) atoms. The quantitative estimate of drug-likeness (QED) is 0.583. The lowest BCUT2D eigenvalue weighted by atomic mass is 9.87. The zero-order valence-electron chi connectivity index (χ0n) is 19.8. The van der Waals surface area contributed by atoms with Crippen LogP contribution >= 0.6 is 0 Å². The van der Waals surface area contributed by atoms with Crippen LogP contribution in [0.25, 0.3) is 11.3 Å². The Bertz CT molecular complexity index is 1300. The van der Waals surface area contributed by atoms with Crippen molar-refractivity contribution in [2.24, 2.45) is 0 Å². The van der Waals surface area contributed by atoms with E-state index in [-0.39, 0.29) is 34.6 Å². The molecular weight excluding hydrogens is 434 g/mol. The Labute approximate surface area is 195 Å². The largest absolute Gasteiger partial charge is 0.321 e. The van der Waals surface area contributed by atoms with E-state index in [1.807, 2.05) is 50.2 Å². The van der Waals surface area contributed by atoms with Gasteiger partial charge >= 0.3 is 0 Å². The van der Waals surface area contributed by atoms with Crippen molar-refractivity contribution in [2.75, 3.05) is 16.8 Å². The summed E-state index contributed by atoms with van der Waals surface area (Å²) in [5.41, 5.74) is 6.16. The number of sulfone groups is 1. The van der Waals surface area contributed by atoms with Gasteiger partial charge in [-0.25, -0.2) is 8.42 Å². The number of anilines is 1. The molecule has 4 rings (SSSR count). The van der Waals surface area contributed by atoms with Crippen molar-refractivity contribution < 1.29 is 13.2 Å². The monoisotopic (exact) mass is 465 g/mol. The molecule has 1 fully saturated rings. The third-order valence-corrected chi connectivity index (χ3v) is 8.08. The first-order valence-electron chi connectivity index (χ1n) is 11.2. The first-order valence-corrected chi connectivity index (χ1v) is 13.0. The summed E-state index contributed by atoms with van der Waals surface area (Å²) in [5.74, 6) is -0.129. The first-order chi connectivity index (χ1) is 15.4. The summed E-state index contributed by atoms with van der Waals surface area (Å²) in [6, 6.07) is 15.4. The number of aromatic nitrogens is 2. The van der Waals surface area contributed by atoms with Crippen molar-refractivity contribution in [3.63, 3.8) is 0 Å². The Morgan fingerprint density at radius 3 is 2.30 bits per heavy atom. The second-order valence-electron chi connectivity index (χ2n) is 10.00. The average molecular weight is 466 g/mol. The molecule has 0 radical (unpaired) electrons. The number of carbonyl (C=O) groups is 1. The number of benzene rings is 2. The minimum absolute atomic E-state index is 0.0317. The standard InChI is InChI=1S/C26H31N3O3S/c1-17-6-7-19(14-18(17)2)24-15-23(28-29(24)22-12-13-33(31,32)16-22)25(30)27-21-10-8-20(9-11-21)26(3,4)5/h6-11,14-15,22H,12-13,16H2,1-5H3,(H,27,30). The minimum atomic E-state index is -3.09. The van der Waals surface area contributed by atoms with E-state index < -0.39 is 9.84 Å². The molecular formula is C26H31N3O3S. The summed E-state index contributed by atoms with van der Waals surface area (Å²) < 4.78 is 26.0. The highest BCUT2D eigenvalue weighted by atomic mass is 32.2. The summed E-state index contributed by atoms with van der Waals surface area (Å²) >= 11 is 0. The number of amides is 1. The fraction of sp³-hybridized carbons (Fsp3) is 0.385. The first kappa shape index (κ1) is 23.2. The molecule has 1 saturated heterocycles. The van der Waals surface area contributed by atoms with Crippen LogP contribution in [0.4, 0.5) is 5.69 Å². The van der Waals surface area contributed by atoms with Crippen LogP contribution < -0.4 is 5.32 Å². The van der Waals surface area contributed by atoms with Gasteiger partial charge in [-0.1, -0.05) is 45.0 Å². The van der Waals surface area contributed by atoms with Gasteiger partial charge in [0.25, 0.3) is 5.91 Å². The summed E-state index contributed by atoms with van der Waals surface area (Å²) in [6.07, 6.45) is 0.497. The molecule has 1 amide bonds. The molecule has 1 N–H and O–H groups in total. The van der Waals surface area contributed by atoms with Gasteiger partial charge in [-0.05, 0) is 66.6 Å². The van der Waals surface area contributed by atoms with Crippen molar-refractivity contribution in [3.8, 4) is 11.3 Å². The van der Waals surface area contributed by atoms with Crippen LogP contribution in [0.3, 0.4) is 0 Å².